The fraction of sp³-hybridized carbons (Fsp3) is 0.0667. The van der Waals surface area contributed by atoms with Crippen LogP contribution >= 0.6 is 23.2 Å². The molecule has 1 aliphatic heterocycles. The second kappa shape index (κ2) is 5.39. The molecule has 0 radical (unpaired) electrons. The number of hydrazone groups is 1. The Balaban J connectivity index is 1.99. The number of phenolic OH excluding ortho intramolecular Hbond substituents is 1. The van der Waals surface area contributed by atoms with E-state index in [1.165, 1.54) is 11.1 Å². The van der Waals surface area contributed by atoms with Crippen molar-refractivity contribution < 1.29 is 9.90 Å². The lowest BCUT2D eigenvalue weighted by atomic mass is 10.1. The van der Waals surface area contributed by atoms with E-state index in [4.69, 9.17) is 23.2 Å². The molecule has 0 atom stereocenters. The molecule has 0 aromatic heterocycles. The van der Waals surface area contributed by atoms with Crippen molar-refractivity contribution in [3.63, 3.8) is 0 Å². The normalized spacial score (nSPS) is 14.5. The summed E-state index contributed by atoms with van der Waals surface area (Å²) in [5, 5.41) is 16.5. The van der Waals surface area contributed by atoms with Crippen molar-refractivity contribution in [2.45, 2.75) is 6.42 Å². The van der Waals surface area contributed by atoms with Crippen molar-refractivity contribution in [3.8, 4) is 5.75 Å². The molecule has 2 aromatic rings. The van der Waals surface area contributed by atoms with E-state index in [-0.39, 0.29) is 18.1 Å². The Morgan fingerprint density at radius 2 is 1.71 bits per heavy atom. The van der Waals surface area contributed by atoms with Crippen LogP contribution in [0.25, 0.3) is 0 Å². The van der Waals surface area contributed by atoms with E-state index in [0.29, 0.717) is 27.0 Å². The Kier molecular flexibility index (Phi) is 3.57. The molecule has 4 nitrogen and oxygen atoms in total. The van der Waals surface area contributed by atoms with Crippen LogP contribution in [-0.2, 0) is 4.79 Å². The molecule has 0 spiro atoms. The van der Waals surface area contributed by atoms with Gasteiger partial charge in [0.25, 0.3) is 5.91 Å². The van der Waals surface area contributed by atoms with Gasteiger partial charge in [0.2, 0.25) is 0 Å². The second-order valence-electron chi connectivity index (χ2n) is 4.57. The zero-order chi connectivity index (χ0) is 15.0. The molecule has 2 aromatic carbocycles. The van der Waals surface area contributed by atoms with Crippen molar-refractivity contribution >= 4 is 40.5 Å². The third kappa shape index (κ3) is 2.73. The lowest BCUT2D eigenvalue weighted by Crippen LogP contribution is -2.19. The Morgan fingerprint density at radius 3 is 2.43 bits per heavy atom. The summed E-state index contributed by atoms with van der Waals surface area (Å²) >= 11 is 11.8. The van der Waals surface area contributed by atoms with Crippen LogP contribution in [0.3, 0.4) is 0 Å². The molecular weight excluding hydrogens is 311 g/mol. The number of rotatable bonds is 2. The molecule has 106 valence electrons. The average molecular weight is 321 g/mol. The van der Waals surface area contributed by atoms with E-state index < -0.39 is 0 Å². The van der Waals surface area contributed by atoms with Crippen molar-refractivity contribution in [1.82, 2.24) is 0 Å². The van der Waals surface area contributed by atoms with Gasteiger partial charge in [0, 0.05) is 15.6 Å². The van der Waals surface area contributed by atoms with Crippen LogP contribution in [0.2, 0.25) is 10.0 Å². The number of nitrogens with zero attached hydrogens (tertiary/aromatic N) is 2. The Bertz CT molecular complexity index is 742. The standard InChI is InChI=1S/C15H10Cl2N2O2/c16-9-1-4-11(5-2-9)19-15(21)8-13(18-19)12-7-10(17)3-6-14(12)20/h1-7,20H,8H2. The van der Waals surface area contributed by atoms with Crippen LogP contribution in [0.1, 0.15) is 12.0 Å². The maximum absolute atomic E-state index is 12.1. The Morgan fingerprint density at radius 1 is 1.05 bits per heavy atom. The first-order chi connectivity index (χ1) is 10.0. The summed E-state index contributed by atoms with van der Waals surface area (Å²) in [5.74, 6) is -0.129. The van der Waals surface area contributed by atoms with E-state index in [1.54, 1.807) is 36.4 Å². The summed E-state index contributed by atoms with van der Waals surface area (Å²) in [6.07, 6.45) is 0.108. The van der Waals surface area contributed by atoms with Crippen molar-refractivity contribution in [3.05, 3.63) is 58.1 Å². The third-order valence-electron chi connectivity index (χ3n) is 3.12. The average Bonchev–Trinajstić information content (AvgIpc) is 2.84. The first-order valence-electron chi connectivity index (χ1n) is 6.19. The highest BCUT2D eigenvalue weighted by Gasteiger charge is 2.27. The molecule has 0 bridgehead atoms. The molecule has 1 aliphatic rings. The van der Waals surface area contributed by atoms with E-state index in [0.717, 1.165) is 0 Å². The second-order valence-corrected chi connectivity index (χ2v) is 5.44. The summed E-state index contributed by atoms with van der Waals surface area (Å²) in [7, 11) is 0. The molecule has 0 saturated heterocycles. The monoisotopic (exact) mass is 320 g/mol. The van der Waals surface area contributed by atoms with Crippen LogP contribution < -0.4 is 5.01 Å². The molecule has 0 fully saturated rings. The maximum atomic E-state index is 12.1. The number of halogens is 2. The molecule has 1 heterocycles. The number of amides is 1. The van der Waals surface area contributed by atoms with Gasteiger partial charge in [-0.3, -0.25) is 4.79 Å². The summed E-state index contributed by atoms with van der Waals surface area (Å²) in [6, 6.07) is 11.5. The number of carbonyl (C=O) groups excluding carboxylic acids is 1. The van der Waals surface area contributed by atoms with Gasteiger partial charge >= 0.3 is 0 Å². The number of phenols is 1. The van der Waals surface area contributed by atoms with Crippen molar-refractivity contribution in [2.75, 3.05) is 5.01 Å². The lowest BCUT2D eigenvalue weighted by molar-refractivity contribution is -0.116. The summed E-state index contributed by atoms with van der Waals surface area (Å²) in [6.45, 7) is 0. The predicted molar refractivity (Wildman–Crippen MR) is 83.2 cm³/mol. The predicted octanol–water partition coefficient (Wildman–Crippen LogP) is 3.84. The van der Waals surface area contributed by atoms with Crippen LogP contribution in [0.5, 0.6) is 5.75 Å². The number of hydrogen-bond acceptors (Lipinski definition) is 3. The lowest BCUT2D eigenvalue weighted by Gasteiger charge is -2.11. The first-order valence-corrected chi connectivity index (χ1v) is 6.95. The van der Waals surface area contributed by atoms with Crippen LogP contribution in [0.15, 0.2) is 47.6 Å². The number of benzene rings is 2. The first kappa shape index (κ1) is 13.9. The summed E-state index contributed by atoms with van der Waals surface area (Å²) < 4.78 is 0. The van der Waals surface area contributed by atoms with Gasteiger partial charge < -0.3 is 5.11 Å². The smallest absolute Gasteiger partial charge is 0.253 e. The van der Waals surface area contributed by atoms with Gasteiger partial charge in [0.1, 0.15) is 5.75 Å². The van der Waals surface area contributed by atoms with Crippen LogP contribution in [-0.4, -0.2) is 16.7 Å². The van der Waals surface area contributed by atoms with Gasteiger partial charge in [0.05, 0.1) is 17.8 Å². The van der Waals surface area contributed by atoms with Crippen molar-refractivity contribution in [1.29, 1.82) is 0 Å². The van der Waals surface area contributed by atoms with Gasteiger partial charge in [-0.15, -0.1) is 0 Å². The van der Waals surface area contributed by atoms with E-state index in [1.807, 2.05) is 0 Å². The highest BCUT2D eigenvalue weighted by Crippen LogP contribution is 2.29. The molecular formula is C15H10Cl2N2O2. The third-order valence-corrected chi connectivity index (χ3v) is 3.60. The summed E-state index contributed by atoms with van der Waals surface area (Å²) in [4.78, 5) is 12.1. The van der Waals surface area contributed by atoms with Crippen LogP contribution in [0, 0.1) is 0 Å². The highest BCUT2D eigenvalue weighted by molar-refractivity contribution is 6.31. The summed E-state index contributed by atoms with van der Waals surface area (Å²) in [5.41, 5.74) is 1.57. The fourth-order valence-corrected chi connectivity index (χ4v) is 2.40. The minimum absolute atomic E-state index is 0.0453. The SMILES string of the molecule is O=C1CC(c2cc(Cl)ccc2O)=NN1c1ccc(Cl)cc1. The fourth-order valence-electron chi connectivity index (χ4n) is 2.10. The largest absolute Gasteiger partial charge is 0.507 e. The number of aromatic hydroxyl groups is 1. The molecule has 1 amide bonds. The zero-order valence-electron chi connectivity index (χ0n) is 10.8. The highest BCUT2D eigenvalue weighted by atomic mass is 35.5. The molecule has 21 heavy (non-hydrogen) atoms. The van der Waals surface area contributed by atoms with Gasteiger partial charge in [-0.05, 0) is 42.5 Å². The number of hydrogen-bond donors (Lipinski definition) is 1. The topological polar surface area (TPSA) is 52.9 Å². The van der Waals surface area contributed by atoms with Gasteiger partial charge in [0.15, 0.2) is 0 Å². The van der Waals surface area contributed by atoms with Crippen LogP contribution in [0.4, 0.5) is 5.69 Å². The van der Waals surface area contributed by atoms with E-state index in [9.17, 15) is 9.90 Å². The van der Waals surface area contributed by atoms with Gasteiger partial charge in [-0.2, -0.15) is 5.10 Å². The Hall–Kier alpha value is -2.04. The quantitative estimate of drug-likeness (QED) is 0.914. The van der Waals surface area contributed by atoms with E-state index in [2.05, 4.69) is 5.10 Å². The Labute approximate surface area is 131 Å². The zero-order valence-corrected chi connectivity index (χ0v) is 12.3. The molecule has 3 rings (SSSR count). The maximum Gasteiger partial charge on any atom is 0.253 e. The van der Waals surface area contributed by atoms with Gasteiger partial charge in [-0.1, -0.05) is 23.2 Å². The number of carbonyl (C=O) groups is 1. The minimum Gasteiger partial charge on any atom is -0.507 e. The molecule has 0 unspecified atom stereocenters. The molecule has 6 heteroatoms. The molecule has 1 N–H and O–H groups in total. The van der Waals surface area contributed by atoms with E-state index >= 15 is 0 Å². The number of anilines is 1. The molecule has 0 aliphatic carbocycles. The minimum atomic E-state index is -0.174. The van der Waals surface area contributed by atoms with Crippen molar-refractivity contribution in [2.24, 2.45) is 5.10 Å². The molecule has 0 saturated carbocycles. The van der Waals surface area contributed by atoms with Gasteiger partial charge in [-0.25, -0.2) is 5.01 Å².